The number of aromatic nitrogens is 5. The highest BCUT2D eigenvalue weighted by molar-refractivity contribution is 5.94. The number of halogens is 1. The molecule has 164 valence electrons. The Labute approximate surface area is 187 Å². The van der Waals surface area contributed by atoms with Gasteiger partial charge in [-0.25, -0.2) is 19.0 Å². The Kier molecular flexibility index (Phi) is 5.35. The number of amides is 1. The standard InChI is InChI=1S/C24H19FN6O2/c25-18-8-5-16(6-9-18)14-30-15-27-22-19(24(30)33)13-28-31(22)12-11-26-23(32)21-10-7-17-3-1-2-4-20(17)29-21/h1-10,13,15H,11-12,14H2,(H,26,32). The van der Waals surface area contributed by atoms with Crippen LogP contribution in [0.25, 0.3) is 21.9 Å². The molecule has 0 bridgehead atoms. The van der Waals surface area contributed by atoms with Gasteiger partial charge in [0.1, 0.15) is 23.2 Å². The summed E-state index contributed by atoms with van der Waals surface area (Å²) in [5.74, 6) is -0.615. The van der Waals surface area contributed by atoms with Crippen molar-refractivity contribution >= 4 is 27.8 Å². The lowest BCUT2D eigenvalue weighted by atomic mass is 10.2. The van der Waals surface area contributed by atoms with Gasteiger partial charge in [-0.2, -0.15) is 5.10 Å². The van der Waals surface area contributed by atoms with Crippen LogP contribution in [-0.2, 0) is 13.1 Å². The van der Waals surface area contributed by atoms with Gasteiger partial charge in [-0.1, -0.05) is 36.4 Å². The molecule has 2 aromatic carbocycles. The van der Waals surface area contributed by atoms with E-state index in [-0.39, 0.29) is 23.8 Å². The van der Waals surface area contributed by atoms with Gasteiger partial charge in [-0.3, -0.25) is 14.2 Å². The fraction of sp³-hybridized carbons (Fsp3) is 0.125. The molecule has 3 heterocycles. The van der Waals surface area contributed by atoms with Gasteiger partial charge in [0, 0.05) is 11.9 Å². The summed E-state index contributed by atoms with van der Waals surface area (Å²) in [6.45, 7) is 0.920. The molecule has 0 unspecified atom stereocenters. The zero-order valence-corrected chi connectivity index (χ0v) is 17.5. The number of hydrogen-bond acceptors (Lipinski definition) is 5. The van der Waals surface area contributed by atoms with Gasteiger partial charge in [0.05, 0.1) is 24.8 Å². The highest BCUT2D eigenvalue weighted by Crippen LogP contribution is 2.12. The fourth-order valence-electron chi connectivity index (χ4n) is 3.62. The van der Waals surface area contributed by atoms with Crippen molar-refractivity contribution in [2.45, 2.75) is 13.1 Å². The minimum atomic E-state index is -0.329. The summed E-state index contributed by atoms with van der Waals surface area (Å²) in [6.07, 6.45) is 2.92. The number of pyridine rings is 1. The molecule has 5 aromatic rings. The second-order valence-corrected chi connectivity index (χ2v) is 7.55. The summed E-state index contributed by atoms with van der Waals surface area (Å²) in [5, 5.41) is 8.42. The van der Waals surface area contributed by atoms with Crippen LogP contribution in [0.1, 0.15) is 16.1 Å². The molecule has 33 heavy (non-hydrogen) atoms. The Morgan fingerprint density at radius 2 is 1.85 bits per heavy atom. The van der Waals surface area contributed by atoms with E-state index in [9.17, 15) is 14.0 Å². The van der Waals surface area contributed by atoms with Crippen LogP contribution in [0, 0.1) is 5.82 Å². The maximum absolute atomic E-state index is 13.1. The van der Waals surface area contributed by atoms with Crippen molar-refractivity contribution in [2.24, 2.45) is 0 Å². The Morgan fingerprint density at radius 1 is 1.03 bits per heavy atom. The van der Waals surface area contributed by atoms with Crippen LogP contribution >= 0.6 is 0 Å². The van der Waals surface area contributed by atoms with Crippen molar-refractivity contribution in [1.29, 1.82) is 0 Å². The van der Waals surface area contributed by atoms with E-state index in [0.717, 1.165) is 16.5 Å². The maximum Gasteiger partial charge on any atom is 0.269 e. The minimum Gasteiger partial charge on any atom is -0.349 e. The van der Waals surface area contributed by atoms with Crippen LogP contribution < -0.4 is 10.9 Å². The van der Waals surface area contributed by atoms with Crippen LogP contribution in [0.5, 0.6) is 0 Å². The van der Waals surface area contributed by atoms with Crippen LogP contribution in [0.3, 0.4) is 0 Å². The van der Waals surface area contributed by atoms with E-state index >= 15 is 0 Å². The molecule has 0 saturated heterocycles. The Morgan fingerprint density at radius 3 is 2.70 bits per heavy atom. The van der Waals surface area contributed by atoms with Gasteiger partial charge in [-0.05, 0) is 29.8 Å². The summed E-state index contributed by atoms with van der Waals surface area (Å²) < 4.78 is 16.1. The third-order valence-electron chi connectivity index (χ3n) is 5.33. The first-order chi connectivity index (χ1) is 16.1. The first-order valence-electron chi connectivity index (χ1n) is 10.4. The molecule has 0 aliphatic rings. The number of rotatable bonds is 6. The summed E-state index contributed by atoms with van der Waals surface area (Å²) in [4.78, 5) is 34.0. The quantitative estimate of drug-likeness (QED) is 0.436. The van der Waals surface area contributed by atoms with Crippen molar-refractivity contribution in [3.63, 3.8) is 0 Å². The highest BCUT2D eigenvalue weighted by Gasteiger charge is 2.12. The van der Waals surface area contributed by atoms with E-state index in [1.807, 2.05) is 30.3 Å². The first kappa shape index (κ1) is 20.5. The zero-order chi connectivity index (χ0) is 22.8. The van der Waals surface area contributed by atoms with E-state index in [1.165, 1.54) is 29.2 Å². The second-order valence-electron chi connectivity index (χ2n) is 7.55. The molecule has 3 aromatic heterocycles. The Bertz CT molecular complexity index is 1520. The normalized spacial score (nSPS) is 11.2. The topological polar surface area (TPSA) is 94.7 Å². The molecule has 0 spiro atoms. The van der Waals surface area contributed by atoms with E-state index < -0.39 is 0 Å². The third kappa shape index (κ3) is 4.20. The predicted octanol–water partition coefficient (Wildman–Crippen LogP) is 2.76. The second kappa shape index (κ2) is 8.62. The predicted molar refractivity (Wildman–Crippen MR) is 121 cm³/mol. The van der Waals surface area contributed by atoms with Gasteiger partial charge in [-0.15, -0.1) is 0 Å². The van der Waals surface area contributed by atoms with Crippen molar-refractivity contribution in [2.75, 3.05) is 6.54 Å². The van der Waals surface area contributed by atoms with E-state index in [0.29, 0.717) is 29.8 Å². The zero-order valence-electron chi connectivity index (χ0n) is 17.5. The molecule has 0 saturated carbocycles. The molecule has 5 rings (SSSR count). The Hall–Kier alpha value is -4.40. The lowest BCUT2D eigenvalue weighted by molar-refractivity contribution is 0.0947. The SMILES string of the molecule is O=C(NCCn1ncc2c(=O)n(Cc3ccc(F)cc3)cnc21)c1ccc2ccccc2n1. The van der Waals surface area contributed by atoms with Gasteiger partial charge in [0.2, 0.25) is 0 Å². The first-order valence-corrected chi connectivity index (χ1v) is 10.4. The van der Waals surface area contributed by atoms with Gasteiger partial charge in [0.15, 0.2) is 5.65 Å². The van der Waals surface area contributed by atoms with Crippen molar-refractivity contribution in [1.82, 2.24) is 29.6 Å². The van der Waals surface area contributed by atoms with Crippen molar-refractivity contribution < 1.29 is 9.18 Å². The number of carbonyl (C=O) groups excluding carboxylic acids is 1. The fourth-order valence-corrected chi connectivity index (χ4v) is 3.62. The molecule has 1 amide bonds. The lowest BCUT2D eigenvalue weighted by Crippen LogP contribution is -2.28. The molecular formula is C24H19FN6O2. The maximum atomic E-state index is 13.1. The summed E-state index contributed by atoms with van der Waals surface area (Å²) in [7, 11) is 0. The van der Waals surface area contributed by atoms with E-state index in [4.69, 9.17) is 0 Å². The number of nitrogens with zero attached hydrogens (tertiary/aromatic N) is 5. The van der Waals surface area contributed by atoms with Crippen LogP contribution in [0.4, 0.5) is 4.39 Å². The van der Waals surface area contributed by atoms with Crippen LogP contribution in [0.2, 0.25) is 0 Å². The molecule has 0 radical (unpaired) electrons. The molecule has 0 aliphatic carbocycles. The number of para-hydroxylation sites is 1. The molecule has 1 N–H and O–H groups in total. The Balaban J connectivity index is 1.27. The summed E-state index contributed by atoms with van der Waals surface area (Å²) >= 11 is 0. The number of benzene rings is 2. The number of hydrogen-bond donors (Lipinski definition) is 1. The monoisotopic (exact) mass is 442 g/mol. The molecule has 0 atom stereocenters. The molecule has 0 fully saturated rings. The minimum absolute atomic E-state index is 0.236. The molecule has 8 nitrogen and oxygen atoms in total. The lowest BCUT2D eigenvalue weighted by Gasteiger charge is -2.08. The van der Waals surface area contributed by atoms with Gasteiger partial charge in [0.25, 0.3) is 11.5 Å². The number of fused-ring (bicyclic) bond motifs is 2. The summed E-state index contributed by atoms with van der Waals surface area (Å²) in [6, 6.07) is 17.1. The average Bonchev–Trinajstić information content (AvgIpc) is 3.25. The van der Waals surface area contributed by atoms with Crippen molar-refractivity contribution in [3.8, 4) is 0 Å². The van der Waals surface area contributed by atoms with Crippen LogP contribution in [0.15, 0.2) is 78.0 Å². The van der Waals surface area contributed by atoms with E-state index in [2.05, 4.69) is 20.4 Å². The molecule has 9 heteroatoms. The largest absolute Gasteiger partial charge is 0.349 e. The number of nitrogens with one attached hydrogen (secondary N) is 1. The highest BCUT2D eigenvalue weighted by atomic mass is 19.1. The molecule has 0 aliphatic heterocycles. The molecular weight excluding hydrogens is 423 g/mol. The summed E-state index contributed by atoms with van der Waals surface area (Å²) in [5.41, 5.74) is 2.08. The van der Waals surface area contributed by atoms with Gasteiger partial charge < -0.3 is 5.32 Å². The average molecular weight is 442 g/mol. The van der Waals surface area contributed by atoms with Gasteiger partial charge >= 0.3 is 0 Å². The smallest absolute Gasteiger partial charge is 0.269 e. The van der Waals surface area contributed by atoms with Crippen LogP contribution in [-0.4, -0.2) is 36.8 Å². The number of carbonyl (C=O) groups is 1. The third-order valence-corrected chi connectivity index (χ3v) is 5.33. The van der Waals surface area contributed by atoms with Crippen molar-refractivity contribution in [3.05, 3.63) is 101 Å². The van der Waals surface area contributed by atoms with E-state index in [1.54, 1.807) is 22.9 Å².